The quantitative estimate of drug-likeness (QED) is 0.703. The zero-order valence-corrected chi connectivity index (χ0v) is 9.40. The number of hydrogen-bond acceptors (Lipinski definition) is 3. The van der Waals surface area contributed by atoms with Crippen LogP contribution >= 0.6 is 11.8 Å². The minimum absolute atomic E-state index is 0.429. The third kappa shape index (κ3) is 1.77. The summed E-state index contributed by atoms with van der Waals surface area (Å²) in [4.78, 5) is 7.69. The average molecular weight is 219 g/mol. The van der Waals surface area contributed by atoms with Gasteiger partial charge >= 0.3 is 0 Å². The predicted octanol–water partition coefficient (Wildman–Crippen LogP) is 1.50. The molecule has 1 aliphatic carbocycles. The molecule has 78 valence electrons. The Morgan fingerprint density at radius 2 is 2.47 bits per heavy atom. The fraction of sp³-hybridized carbons (Fsp3) is 0.545. The summed E-state index contributed by atoms with van der Waals surface area (Å²) in [6, 6.07) is 1.19. The van der Waals surface area contributed by atoms with Gasteiger partial charge in [0.2, 0.25) is 0 Å². The maximum absolute atomic E-state index is 4.48. The molecule has 1 saturated carbocycles. The molecule has 3 atom stereocenters. The summed E-state index contributed by atoms with van der Waals surface area (Å²) < 4.78 is 0. The first kappa shape index (κ1) is 9.32. The molecule has 3 rings (SSSR count). The number of nitrogens with one attached hydrogen (secondary N) is 2. The number of piperidine rings is 1. The number of fused-ring (bicyclic) bond motifs is 1. The van der Waals surface area contributed by atoms with Crippen LogP contribution in [0, 0.1) is 17.1 Å². The second-order valence-corrected chi connectivity index (χ2v) is 4.77. The van der Waals surface area contributed by atoms with Crippen molar-refractivity contribution in [2.45, 2.75) is 24.9 Å². The molecule has 1 aromatic rings. The van der Waals surface area contributed by atoms with E-state index in [9.17, 15) is 0 Å². The van der Waals surface area contributed by atoms with Crippen molar-refractivity contribution < 1.29 is 0 Å². The van der Waals surface area contributed by atoms with Crippen molar-refractivity contribution in [3.8, 4) is 11.2 Å². The summed E-state index contributed by atoms with van der Waals surface area (Å²) in [5.41, 5.74) is 0.849. The van der Waals surface area contributed by atoms with Gasteiger partial charge in [-0.2, -0.15) is 0 Å². The van der Waals surface area contributed by atoms with Crippen LogP contribution in [0.1, 0.15) is 30.4 Å². The minimum Gasteiger partial charge on any atom is -0.346 e. The SMILES string of the molecule is CSC#Cc1c[nH]c([C@@H]2C[C@H]3CC3N2)n1. The Morgan fingerprint density at radius 1 is 1.53 bits per heavy atom. The van der Waals surface area contributed by atoms with Crippen molar-refractivity contribution >= 4 is 11.8 Å². The highest BCUT2D eigenvalue weighted by atomic mass is 32.2. The lowest BCUT2D eigenvalue weighted by Crippen LogP contribution is -2.18. The fourth-order valence-electron chi connectivity index (χ4n) is 2.21. The summed E-state index contributed by atoms with van der Waals surface area (Å²) in [5, 5.41) is 6.52. The summed E-state index contributed by atoms with van der Waals surface area (Å²) >= 11 is 1.51. The normalized spacial score (nSPS) is 31.9. The molecule has 0 aromatic carbocycles. The standard InChI is InChI=1S/C11H13N3S/c1-15-3-2-8-6-12-11(13-8)10-5-7-4-9(7)14-10/h6-7,9-10,14H,4-5H2,1H3,(H,12,13)/t7-,9?,10+/m1/s1. The second-order valence-electron chi connectivity index (χ2n) is 4.16. The summed E-state index contributed by atoms with van der Waals surface area (Å²) in [7, 11) is 0. The zero-order valence-electron chi connectivity index (χ0n) is 8.58. The Hall–Kier alpha value is -0.920. The molecule has 0 amide bonds. The van der Waals surface area contributed by atoms with Crippen molar-refractivity contribution in [3.63, 3.8) is 0 Å². The van der Waals surface area contributed by atoms with E-state index in [1.165, 1.54) is 24.6 Å². The Morgan fingerprint density at radius 3 is 3.20 bits per heavy atom. The van der Waals surface area contributed by atoms with Crippen LogP contribution in [0.25, 0.3) is 0 Å². The highest BCUT2D eigenvalue weighted by Crippen LogP contribution is 2.45. The van der Waals surface area contributed by atoms with Crippen LogP contribution in [0.5, 0.6) is 0 Å². The molecule has 1 aliphatic heterocycles. The second kappa shape index (κ2) is 3.58. The fourth-order valence-corrected chi connectivity index (χ4v) is 2.42. The molecule has 0 spiro atoms. The number of rotatable bonds is 1. The van der Waals surface area contributed by atoms with Gasteiger partial charge in [0, 0.05) is 12.2 Å². The predicted molar refractivity (Wildman–Crippen MR) is 61.4 cm³/mol. The van der Waals surface area contributed by atoms with Crippen LogP contribution in [0.2, 0.25) is 0 Å². The maximum atomic E-state index is 4.48. The van der Waals surface area contributed by atoms with Gasteiger partial charge < -0.3 is 10.3 Å². The largest absolute Gasteiger partial charge is 0.346 e. The van der Waals surface area contributed by atoms with Gasteiger partial charge in [0.1, 0.15) is 11.5 Å². The van der Waals surface area contributed by atoms with E-state index in [4.69, 9.17) is 0 Å². The van der Waals surface area contributed by atoms with Gasteiger partial charge in [-0.3, -0.25) is 0 Å². The van der Waals surface area contributed by atoms with Crippen LogP contribution < -0.4 is 5.32 Å². The zero-order chi connectivity index (χ0) is 10.3. The van der Waals surface area contributed by atoms with Gasteiger partial charge in [-0.1, -0.05) is 11.8 Å². The lowest BCUT2D eigenvalue weighted by molar-refractivity contribution is 0.543. The number of imidazole rings is 1. The van der Waals surface area contributed by atoms with Crippen LogP contribution in [-0.4, -0.2) is 22.3 Å². The number of thioether (sulfide) groups is 1. The van der Waals surface area contributed by atoms with Crippen LogP contribution in [0.4, 0.5) is 0 Å². The number of aromatic amines is 1. The first-order chi connectivity index (χ1) is 7.36. The Labute approximate surface area is 93.4 Å². The molecule has 2 heterocycles. The molecule has 1 unspecified atom stereocenters. The molecule has 4 heteroatoms. The number of hydrogen-bond donors (Lipinski definition) is 2. The Balaban J connectivity index is 1.73. The number of aromatic nitrogens is 2. The van der Waals surface area contributed by atoms with Gasteiger partial charge in [0.15, 0.2) is 0 Å². The van der Waals surface area contributed by atoms with Crippen molar-refractivity contribution in [3.05, 3.63) is 17.7 Å². The van der Waals surface area contributed by atoms with E-state index in [-0.39, 0.29) is 0 Å². The minimum atomic E-state index is 0.429. The molecule has 3 nitrogen and oxygen atoms in total. The lowest BCUT2D eigenvalue weighted by atomic mass is 10.2. The van der Waals surface area contributed by atoms with Crippen molar-refractivity contribution in [1.82, 2.24) is 15.3 Å². The van der Waals surface area contributed by atoms with Crippen molar-refractivity contribution in [2.24, 2.45) is 5.92 Å². The molecule has 0 bridgehead atoms. The summed E-state index contributed by atoms with van der Waals surface area (Å²) in [6.45, 7) is 0. The molecular weight excluding hydrogens is 206 g/mol. The highest BCUT2D eigenvalue weighted by molar-refractivity contribution is 8.03. The van der Waals surface area contributed by atoms with Crippen LogP contribution in [0.15, 0.2) is 6.20 Å². The van der Waals surface area contributed by atoms with E-state index in [0.717, 1.165) is 23.5 Å². The number of nitrogens with zero attached hydrogens (tertiary/aromatic N) is 1. The van der Waals surface area contributed by atoms with Crippen molar-refractivity contribution in [2.75, 3.05) is 6.26 Å². The van der Waals surface area contributed by atoms with Crippen LogP contribution in [0.3, 0.4) is 0 Å². The van der Waals surface area contributed by atoms with Crippen molar-refractivity contribution in [1.29, 1.82) is 0 Å². The Bertz CT molecular complexity index is 419. The summed E-state index contributed by atoms with van der Waals surface area (Å²) in [5.74, 6) is 4.96. The third-order valence-electron chi connectivity index (χ3n) is 3.09. The average Bonchev–Trinajstić information content (AvgIpc) is 2.71. The molecular formula is C11H13N3S. The maximum Gasteiger partial charge on any atom is 0.132 e. The molecule has 2 N–H and O–H groups in total. The van der Waals surface area contributed by atoms with Gasteiger partial charge in [0.05, 0.1) is 6.04 Å². The number of H-pyrrole nitrogens is 1. The first-order valence-electron chi connectivity index (χ1n) is 5.22. The lowest BCUT2D eigenvalue weighted by Gasteiger charge is -2.08. The topological polar surface area (TPSA) is 40.7 Å². The third-order valence-corrected chi connectivity index (χ3v) is 3.39. The first-order valence-corrected chi connectivity index (χ1v) is 6.44. The summed E-state index contributed by atoms with van der Waals surface area (Å²) in [6.07, 6.45) is 6.45. The van der Waals surface area contributed by atoms with E-state index in [0.29, 0.717) is 6.04 Å². The van der Waals surface area contributed by atoms with Crippen LogP contribution in [-0.2, 0) is 0 Å². The van der Waals surface area contributed by atoms with E-state index < -0.39 is 0 Å². The molecule has 2 fully saturated rings. The molecule has 0 radical (unpaired) electrons. The monoisotopic (exact) mass is 219 g/mol. The van der Waals surface area contributed by atoms with E-state index in [2.05, 4.69) is 26.5 Å². The van der Waals surface area contributed by atoms with Gasteiger partial charge in [-0.25, -0.2) is 4.98 Å². The van der Waals surface area contributed by atoms with E-state index in [1.807, 2.05) is 12.5 Å². The molecule has 1 aromatic heterocycles. The smallest absolute Gasteiger partial charge is 0.132 e. The van der Waals surface area contributed by atoms with E-state index in [1.54, 1.807) is 0 Å². The van der Waals surface area contributed by atoms with Gasteiger partial charge in [-0.15, -0.1) is 0 Å². The van der Waals surface area contributed by atoms with Gasteiger partial charge in [-0.05, 0) is 36.2 Å². The molecule has 2 aliphatic rings. The van der Waals surface area contributed by atoms with E-state index >= 15 is 0 Å². The highest BCUT2D eigenvalue weighted by Gasteiger charge is 2.46. The molecule has 15 heavy (non-hydrogen) atoms. The Kier molecular flexibility index (Phi) is 2.23. The molecule has 1 saturated heterocycles. The van der Waals surface area contributed by atoms with Gasteiger partial charge in [0.25, 0.3) is 0 Å².